The minimum absolute atomic E-state index is 0.00522. The van der Waals surface area contributed by atoms with E-state index in [1.54, 1.807) is 43.1 Å². The van der Waals surface area contributed by atoms with E-state index in [0.717, 1.165) is 16.2 Å². The fraction of sp³-hybridized carbons (Fsp3) is 0.286. The Hall–Kier alpha value is -2.64. The number of thioether (sulfide) groups is 1. The van der Waals surface area contributed by atoms with Crippen LogP contribution in [0.3, 0.4) is 0 Å². The summed E-state index contributed by atoms with van der Waals surface area (Å²) in [5.74, 6) is 0.557. The van der Waals surface area contributed by atoms with Gasteiger partial charge in [-0.1, -0.05) is 23.9 Å². The van der Waals surface area contributed by atoms with E-state index in [2.05, 4.69) is 14.9 Å². The predicted molar refractivity (Wildman–Crippen MR) is 112 cm³/mol. The van der Waals surface area contributed by atoms with E-state index in [4.69, 9.17) is 4.74 Å². The van der Waals surface area contributed by atoms with Gasteiger partial charge in [0.2, 0.25) is 5.91 Å². The molecule has 28 heavy (non-hydrogen) atoms. The number of amides is 1. The van der Waals surface area contributed by atoms with Gasteiger partial charge in [0, 0.05) is 37.1 Å². The van der Waals surface area contributed by atoms with Crippen molar-refractivity contribution in [3.05, 3.63) is 54.1 Å². The average Bonchev–Trinajstić information content (AvgIpc) is 3.04. The van der Waals surface area contributed by atoms with Crippen LogP contribution in [0.4, 0.5) is 5.69 Å². The summed E-state index contributed by atoms with van der Waals surface area (Å²) in [5, 5.41) is 3.75. The third-order valence-electron chi connectivity index (χ3n) is 4.27. The molecule has 3 aromatic rings. The fourth-order valence-corrected chi connectivity index (χ4v) is 3.79. The summed E-state index contributed by atoms with van der Waals surface area (Å²) in [4.78, 5) is 28.2. The molecule has 0 aliphatic carbocycles. The highest BCUT2D eigenvalue weighted by Crippen LogP contribution is 2.24. The molecule has 0 saturated heterocycles. The molecule has 146 valence electrons. The largest absolute Gasteiger partial charge is 0.383 e. The quantitative estimate of drug-likeness (QED) is 0.436. The number of anilines is 1. The van der Waals surface area contributed by atoms with Crippen molar-refractivity contribution < 1.29 is 14.3 Å². The van der Waals surface area contributed by atoms with Gasteiger partial charge in [-0.25, -0.2) is 4.98 Å². The number of imidazole rings is 1. The Morgan fingerprint density at radius 1 is 1.14 bits per heavy atom. The van der Waals surface area contributed by atoms with Gasteiger partial charge in [-0.15, -0.1) is 0 Å². The van der Waals surface area contributed by atoms with Crippen LogP contribution in [-0.2, 0) is 16.1 Å². The molecule has 0 saturated carbocycles. The van der Waals surface area contributed by atoms with Crippen molar-refractivity contribution in [2.24, 2.45) is 0 Å². The zero-order chi connectivity index (χ0) is 19.9. The molecule has 0 atom stereocenters. The first kappa shape index (κ1) is 20.1. The maximum atomic E-state index is 12.2. The molecule has 1 amide bonds. The number of benzene rings is 2. The summed E-state index contributed by atoms with van der Waals surface area (Å²) in [6.07, 6.45) is 0.368. The lowest BCUT2D eigenvalue weighted by Crippen LogP contribution is -2.12. The summed E-state index contributed by atoms with van der Waals surface area (Å²) in [6, 6.07) is 14.9. The number of fused-ring (bicyclic) bond motifs is 1. The SMILES string of the molecule is COCCn1c(SCCC(=O)Nc2ccc(C(C)=O)cc2)nc2ccccc21. The number of hydrogen-bond donors (Lipinski definition) is 1. The summed E-state index contributed by atoms with van der Waals surface area (Å²) in [7, 11) is 1.68. The van der Waals surface area contributed by atoms with Crippen molar-refractivity contribution in [3.63, 3.8) is 0 Å². The second kappa shape index (κ2) is 9.52. The number of hydrogen-bond acceptors (Lipinski definition) is 5. The van der Waals surface area contributed by atoms with E-state index in [1.807, 2.05) is 24.3 Å². The number of nitrogens with one attached hydrogen (secondary N) is 1. The normalized spacial score (nSPS) is 10.9. The lowest BCUT2D eigenvalue weighted by atomic mass is 10.1. The zero-order valence-electron chi connectivity index (χ0n) is 16.0. The van der Waals surface area contributed by atoms with Crippen molar-refractivity contribution in [1.29, 1.82) is 0 Å². The van der Waals surface area contributed by atoms with Crippen LogP contribution in [0.1, 0.15) is 23.7 Å². The van der Waals surface area contributed by atoms with E-state index < -0.39 is 0 Å². The van der Waals surface area contributed by atoms with Gasteiger partial charge in [-0.3, -0.25) is 9.59 Å². The number of carbonyl (C=O) groups is 2. The molecule has 0 unspecified atom stereocenters. The van der Waals surface area contributed by atoms with Gasteiger partial charge in [0.05, 0.1) is 17.6 Å². The molecule has 0 aliphatic heterocycles. The molecule has 3 rings (SSSR count). The number of carbonyl (C=O) groups excluding carboxylic acids is 2. The second-order valence-corrected chi connectivity index (χ2v) is 7.37. The highest BCUT2D eigenvalue weighted by molar-refractivity contribution is 7.99. The number of para-hydroxylation sites is 2. The Bertz CT molecular complexity index is 967. The number of Topliss-reactive ketones (excluding diaryl/α,β-unsaturated/α-hetero) is 1. The molecule has 2 aromatic carbocycles. The maximum absolute atomic E-state index is 12.2. The van der Waals surface area contributed by atoms with E-state index in [-0.39, 0.29) is 11.7 Å². The summed E-state index contributed by atoms with van der Waals surface area (Å²) < 4.78 is 7.34. The lowest BCUT2D eigenvalue weighted by molar-refractivity contribution is -0.115. The Balaban J connectivity index is 1.58. The van der Waals surface area contributed by atoms with Crippen molar-refractivity contribution >= 4 is 40.2 Å². The third-order valence-corrected chi connectivity index (χ3v) is 5.25. The Morgan fingerprint density at radius 2 is 1.89 bits per heavy atom. The van der Waals surface area contributed by atoms with Gasteiger partial charge in [-0.2, -0.15) is 0 Å². The van der Waals surface area contributed by atoms with Crippen LogP contribution in [0, 0.1) is 0 Å². The molecule has 1 N–H and O–H groups in total. The molecule has 7 heteroatoms. The van der Waals surface area contributed by atoms with Gasteiger partial charge in [0.1, 0.15) is 0 Å². The van der Waals surface area contributed by atoms with Crippen molar-refractivity contribution in [3.8, 4) is 0 Å². The first-order valence-electron chi connectivity index (χ1n) is 9.06. The van der Waals surface area contributed by atoms with Gasteiger partial charge < -0.3 is 14.6 Å². The standard InChI is InChI=1S/C21H23N3O3S/c1-15(25)16-7-9-17(10-8-16)22-20(26)11-14-28-21-23-18-5-3-4-6-19(18)24(21)12-13-27-2/h3-10H,11-14H2,1-2H3,(H,22,26). The predicted octanol–water partition coefficient (Wildman–Crippen LogP) is 4.01. The molecule has 6 nitrogen and oxygen atoms in total. The summed E-state index contributed by atoms with van der Waals surface area (Å²) in [6.45, 7) is 2.84. The molecular weight excluding hydrogens is 374 g/mol. The highest BCUT2D eigenvalue weighted by Gasteiger charge is 2.12. The molecule has 0 bridgehead atoms. The Kier molecular flexibility index (Phi) is 6.84. The molecule has 1 heterocycles. The van der Waals surface area contributed by atoms with Crippen LogP contribution < -0.4 is 5.32 Å². The molecular formula is C21H23N3O3S. The monoisotopic (exact) mass is 397 g/mol. The van der Waals surface area contributed by atoms with Crippen LogP contribution in [0.15, 0.2) is 53.7 Å². The highest BCUT2D eigenvalue weighted by atomic mass is 32.2. The average molecular weight is 398 g/mol. The number of ether oxygens (including phenoxy) is 1. The van der Waals surface area contributed by atoms with Gasteiger partial charge in [-0.05, 0) is 43.3 Å². The zero-order valence-corrected chi connectivity index (χ0v) is 16.8. The van der Waals surface area contributed by atoms with E-state index >= 15 is 0 Å². The molecule has 0 radical (unpaired) electrons. The van der Waals surface area contributed by atoms with Crippen LogP contribution in [-0.4, -0.2) is 40.7 Å². The van der Waals surface area contributed by atoms with Crippen LogP contribution >= 0.6 is 11.8 Å². The molecule has 0 aliphatic rings. The Labute approximate surface area is 168 Å². The maximum Gasteiger partial charge on any atom is 0.225 e. The van der Waals surface area contributed by atoms with Crippen LogP contribution in [0.2, 0.25) is 0 Å². The number of aromatic nitrogens is 2. The smallest absolute Gasteiger partial charge is 0.225 e. The summed E-state index contributed by atoms with van der Waals surface area (Å²) >= 11 is 1.56. The number of methoxy groups -OCH3 is 1. The first-order valence-corrected chi connectivity index (χ1v) is 10.0. The number of nitrogens with zero attached hydrogens (tertiary/aromatic N) is 2. The van der Waals surface area contributed by atoms with E-state index in [0.29, 0.717) is 36.6 Å². The van der Waals surface area contributed by atoms with Crippen LogP contribution in [0.5, 0.6) is 0 Å². The fourth-order valence-electron chi connectivity index (χ4n) is 2.81. The minimum Gasteiger partial charge on any atom is -0.383 e. The van der Waals surface area contributed by atoms with Crippen LogP contribution in [0.25, 0.3) is 11.0 Å². The number of ketones is 1. The van der Waals surface area contributed by atoms with Gasteiger partial charge in [0.15, 0.2) is 10.9 Å². The van der Waals surface area contributed by atoms with Gasteiger partial charge >= 0.3 is 0 Å². The molecule has 0 fully saturated rings. The summed E-state index contributed by atoms with van der Waals surface area (Å²) in [5.41, 5.74) is 3.32. The van der Waals surface area contributed by atoms with E-state index in [1.165, 1.54) is 6.92 Å². The van der Waals surface area contributed by atoms with Gasteiger partial charge in [0.25, 0.3) is 0 Å². The topological polar surface area (TPSA) is 73.2 Å². The third kappa shape index (κ3) is 4.99. The second-order valence-electron chi connectivity index (χ2n) is 6.31. The molecule has 0 spiro atoms. The number of rotatable bonds is 9. The first-order chi connectivity index (χ1) is 13.6. The van der Waals surface area contributed by atoms with Crippen molar-refractivity contribution in [2.45, 2.75) is 25.0 Å². The van der Waals surface area contributed by atoms with E-state index in [9.17, 15) is 9.59 Å². The minimum atomic E-state index is -0.0670. The lowest BCUT2D eigenvalue weighted by Gasteiger charge is -2.08. The molecule has 1 aromatic heterocycles. The Morgan fingerprint density at radius 3 is 2.61 bits per heavy atom. The van der Waals surface area contributed by atoms with Crippen molar-refractivity contribution in [1.82, 2.24) is 9.55 Å². The van der Waals surface area contributed by atoms with Crippen molar-refractivity contribution in [2.75, 3.05) is 24.8 Å².